The van der Waals surface area contributed by atoms with Gasteiger partial charge in [0.1, 0.15) is 0 Å². The standard InChI is InChI=1S/C7H15NO2S/c1-2-3-6-11(9,10)7-4-5-8/h2-3H,4-8H2,1H3. The second kappa shape index (κ2) is 5.32. The smallest absolute Gasteiger partial charge is 0.153 e. The summed E-state index contributed by atoms with van der Waals surface area (Å²) >= 11 is 0. The molecule has 3 nitrogen and oxygen atoms in total. The number of rotatable bonds is 5. The molecule has 0 aliphatic heterocycles. The maximum Gasteiger partial charge on any atom is 0.153 e. The van der Waals surface area contributed by atoms with Gasteiger partial charge in [0.2, 0.25) is 0 Å². The lowest BCUT2D eigenvalue weighted by Gasteiger charge is -1.97. The van der Waals surface area contributed by atoms with Gasteiger partial charge in [0.05, 0.1) is 11.5 Å². The minimum Gasteiger partial charge on any atom is -0.330 e. The summed E-state index contributed by atoms with van der Waals surface area (Å²) in [5.74, 6) is 0.345. The molecule has 0 radical (unpaired) electrons. The van der Waals surface area contributed by atoms with E-state index in [4.69, 9.17) is 5.73 Å². The highest BCUT2D eigenvalue weighted by molar-refractivity contribution is 7.91. The zero-order chi connectivity index (χ0) is 8.74. The summed E-state index contributed by atoms with van der Waals surface area (Å²) in [4.78, 5) is 0. The highest BCUT2D eigenvalue weighted by Gasteiger charge is 2.05. The monoisotopic (exact) mass is 177 g/mol. The largest absolute Gasteiger partial charge is 0.330 e. The van der Waals surface area contributed by atoms with Gasteiger partial charge in [0.15, 0.2) is 9.84 Å². The Morgan fingerprint density at radius 2 is 2.09 bits per heavy atom. The molecule has 0 bridgehead atoms. The van der Waals surface area contributed by atoms with Crippen LogP contribution in [0.2, 0.25) is 0 Å². The molecule has 11 heavy (non-hydrogen) atoms. The van der Waals surface area contributed by atoms with E-state index < -0.39 is 9.84 Å². The van der Waals surface area contributed by atoms with Crippen LogP contribution < -0.4 is 5.73 Å². The number of hydrogen-bond acceptors (Lipinski definition) is 3. The van der Waals surface area contributed by atoms with Crippen LogP contribution in [0.15, 0.2) is 12.2 Å². The molecule has 0 spiro atoms. The van der Waals surface area contributed by atoms with E-state index in [1.54, 1.807) is 19.1 Å². The fourth-order valence-corrected chi connectivity index (χ4v) is 1.89. The molecule has 0 saturated heterocycles. The van der Waals surface area contributed by atoms with Crippen molar-refractivity contribution in [3.63, 3.8) is 0 Å². The Morgan fingerprint density at radius 1 is 1.45 bits per heavy atom. The molecule has 0 aromatic heterocycles. The summed E-state index contributed by atoms with van der Waals surface area (Å²) in [6.07, 6.45) is 3.94. The van der Waals surface area contributed by atoms with E-state index in [0.717, 1.165) is 0 Å². The fourth-order valence-electron chi connectivity index (χ4n) is 0.629. The maximum absolute atomic E-state index is 11.0. The van der Waals surface area contributed by atoms with Gasteiger partial charge in [-0.05, 0) is 19.9 Å². The molecule has 0 atom stereocenters. The van der Waals surface area contributed by atoms with Gasteiger partial charge in [-0.25, -0.2) is 8.42 Å². The number of nitrogens with two attached hydrogens (primary N) is 1. The second-order valence-electron chi connectivity index (χ2n) is 2.33. The van der Waals surface area contributed by atoms with Crippen LogP contribution in [0.25, 0.3) is 0 Å². The minimum absolute atomic E-state index is 0.142. The van der Waals surface area contributed by atoms with E-state index in [1.165, 1.54) is 0 Å². The highest BCUT2D eigenvalue weighted by Crippen LogP contribution is 1.93. The van der Waals surface area contributed by atoms with Gasteiger partial charge in [0.25, 0.3) is 0 Å². The zero-order valence-electron chi connectivity index (χ0n) is 6.79. The molecule has 0 amide bonds. The highest BCUT2D eigenvalue weighted by atomic mass is 32.2. The van der Waals surface area contributed by atoms with Crippen molar-refractivity contribution in [2.75, 3.05) is 18.1 Å². The third-order valence-corrected chi connectivity index (χ3v) is 2.86. The molecule has 0 aromatic carbocycles. The number of allylic oxidation sites excluding steroid dienone is 1. The molecular formula is C7H15NO2S. The number of hydrogen-bond donors (Lipinski definition) is 1. The lowest BCUT2D eigenvalue weighted by Crippen LogP contribution is -2.13. The first-order valence-corrected chi connectivity index (χ1v) is 5.46. The normalized spacial score (nSPS) is 12.5. The SMILES string of the molecule is CC=CCS(=O)(=O)CCCN. The first kappa shape index (κ1) is 10.7. The van der Waals surface area contributed by atoms with E-state index >= 15 is 0 Å². The van der Waals surface area contributed by atoms with Crippen LogP contribution >= 0.6 is 0 Å². The van der Waals surface area contributed by atoms with E-state index in [9.17, 15) is 8.42 Å². The van der Waals surface area contributed by atoms with E-state index in [0.29, 0.717) is 13.0 Å². The van der Waals surface area contributed by atoms with Crippen LogP contribution in [0.1, 0.15) is 13.3 Å². The Kier molecular flexibility index (Phi) is 5.15. The van der Waals surface area contributed by atoms with Gasteiger partial charge in [-0.2, -0.15) is 0 Å². The van der Waals surface area contributed by atoms with Crippen molar-refractivity contribution in [3.8, 4) is 0 Å². The first-order valence-electron chi connectivity index (χ1n) is 3.64. The van der Waals surface area contributed by atoms with Crippen molar-refractivity contribution in [2.45, 2.75) is 13.3 Å². The Labute approximate surface area is 68.2 Å². The Hall–Kier alpha value is -0.350. The summed E-state index contributed by atoms with van der Waals surface area (Å²) in [5, 5.41) is 0. The predicted molar refractivity (Wildman–Crippen MR) is 47.1 cm³/mol. The van der Waals surface area contributed by atoms with Gasteiger partial charge in [0, 0.05) is 0 Å². The van der Waals surface area contributed by atoms with Crippen LogP contribution in [-0.4, -0.2) is 26.5 Å². The molecular weight excluding hydrogens is 162 g/mol. The van der Waals surface area contributed by atoms with Crippen LogP contribution in [0, 0.1) is 0 Å². The lowest BCUT2D eigenvalue weighted by molar-refractivity contribution is 0.596. The van der Waals surface area contributed by atoms with E-state index in [1.807, 2.05) is 0 Å². The topological polar surface area (TPSA) is 60.2 Å². The summed E-state index contributed by atoms with van der Waals surface area (Å²) in [7, 11) is -2.87. The Balaban J connectivity index is 3.82. The summed E-state index contributed by atoms with van der Waals surface area (Å²) in [6.45, 7) is 2.24. The lowest BCUT2D eigenvalue weighted by atomic mass is 10.5. The summed E-state index contributed by atoms with van der Waals surface area (Å²) in [6, 6.07) is 0. The zero-order valence-corrected chi connectivity index (χ0v) is 7.60. The van der Waals surface area contributed by atoms with E-state index in [-0.39, 0.29) is 11.5 Å². The van der Waals surface area contributed by atoms with Crippen LogP contribution in [0.3, 0.4) is 0 Å². The predicted octanol–water partition coefficient (Wildman–Crippen LogP) is 0.326. The van der Waals surface area contributed by atoms with Crippen LogP contribution in [-0.2, 0) is 9.84 Å². The molecule has 0 aliphatic rings. The molecule has 0 saturated carbocycles. The van der Waals surface area contributed by atoms with Gasteiger partial charge in [-0.1, -0.05) is 12.2 Å². The Bertz CT molecular complexity index is 206. The second-order valence-corrected chi connectivity index (χ2v) is 4.55. The molecule has 0 rings (SSSR count). The van der Waals surface area contributed by atoms with Gasteiger partial charge in [-0.15, -0.1) is 0 Å². The average Bonchev–Trinajstić information content (AvgIpc) is 1.97. The molecule has 0 aliphatic carbocycles. The van der Waals surface area contributed by atoms with Gasteiger partial charge < -0.3 is 5.73 Å². The number of sulfone groups is 1. The molecule has 4 heteroatoms. The van der Waals surface area contributed by atoms with Crippen molar-refractivity contribution >= 4 is 9.84 Å². The van der Waals surface area contributed by atoms with Gasteiger partial charge >= 0.3 is 0 Å². The maximum atomic E-state index is 11.0. The minimum atomic E-state index is -2.87. The third kappa shape index (κ3) is 6.06. The fraction of sp³-hybridized carbons (Fsp3) is 0.714. The van der Waals surface area contributed by atoms with E-state index in [2.05, 4.69) is 0 Å². The van der Waals surface area contributed by atoms with Crippen molar-refractivity contribution in [1.82, 2.24) is 0 Å². The quantitative estimate of drug-likeness (QED) is 0.615. The van der Waals surface area contributed by atoms with Crippen molar-refractivity contribution in [2.24, 2.45) is 5.73 Å². The van der Waals surface area contributed by atoms with Crippen LogP contribution in [0.4, 0.5) is 0 Å². The van der Waals surface area contributed by atoms with Crippen LogP contribution in [0.5, 0.6) is 0 Å². The first-order chi connectivity index (χ1) is 5.12. The molecule has 0 unspecified atom stereocenters. The Morgan fingerprint density at radius 3 is 2.55 bits per heavy atom. The molecule has 0 fully saturated rings. The van der Waals surface area contributed by atoms with Crippen molar-refractivity contribution < 1.29 is 8.42 Å². The molecule has 2 N–H and O–H groups in total. The molecule has 0 aromatic rings. The third-order valence-electron chi connectivity index (χ3n) is 1.25. The van der Waals surface area contributed by atoms with Crippen molar-refractivity contribution in [3.05, 3.63) is 12.2 Å². The summed E-state index contributed by atoms with van der Waals surface area (Å²) in [5.41, 5.74) is 5.18. The van der Waals surface area contributed by atoms with Gasteiger partial charge in [-0.3, -0.25) is 0 Å². The van der Waals surface area contributed by atoms with Crippen molar-refractivity contribution in [1.29, 1.82) is 0 Å². The summed E-state index contributed by atoms with van der Waals surface area (Å²) < 4.78 is 22.1. The average molecular weight is 177 g/mol. The molecule has 66 valence electrons. The molecule has 0 heterocycles.